The summed E-state index contributed by atoms with van der Waals surface area (Å²) in [6, 6.07) is 0. The molecule has 0 fully saturated rings. The van der Waals surface area contributed by atoms with Crippen molar-refractivity contribution in [1.82, 2.24) is 0 Å². The van der Waals surface area contributed by atoms with Crippen LogP contribution in [0, 0.1) is 0 Å². The van der Waals surface area contributed by atoms with E-state index >= 15 is 0 Å². The Morgan fingerprint density at radius 3 is 2.08 bits per heavy atom. The zero-order chi connectivity index (χ0) is 20.5. The predicted molar refractivity (Wildman–Crippen MR) is 77.3 cm³/mol. The minimum Gasteiger partial charge on any atom is -0.478 e. The van der Waals surface area contributed by atoms with Crippen LogP contribution in [0.15, 0.2) is 11.6 Å². The average Bonchev–Trinajstić information content (AvgIpc) is 2.39. The number of phosphoric acid groups is 2. The maximum atomic E-state index is 11.2. The summed E-state index contributed by atoms with van der Waals surface area (Å²) in [5.41, 5.74) is -0.553. The predicted octanol–water partition coefficient (Wildman–Crippen LogP) is -1.46. The van der Waals surface area contributed by atoms with Crippen LogP contribution in [0.2, 0.25) is 0 Å². The lowest BCUT2D eigenvalue weighted by atomic mass is 9.92. The number of hydrogen-bond donors (Lipinski definition) is 7. The maximum absolute atomic E-state index is 11.2. The van der Waals surface area contributed by atoms with Crippen LogP contribution < -0.4 is 0 Å². The van der Waals surface area contributed by atoms with Crippen LogP contribution in [-0.4, -0.2) is 70.9 Å². The van der Waals surface area contributed by atoms with Crippen LogP contribution >= 0.6 is 15.6 Å². The van der Waals surface area contributed by atoms with Crippen LogP contribution in [-0.2, 0) is 32.5 Å². The smallest absolute Gasteiger partial charge is 0.472 e. The van der Waals surface area contributed by atoms with Crippen molar-refractivity contribution < 1.29 is 67.4 Å². The zero-order valence-electron chi connectivity index (χ0n) is 12.9. The van der Waals surface area contributed by atoms with Crippen LogP contribution in [0.4, 0.5) is 0 Å². The van der Waals surface area contributed by atoms with Crippen molar-refractivity contribution in [3.05, 3.63) is 11.6 Å². The molecule has 0 aromatic carbocycles. The van der Waals surface area contributed by atoms with Gasteiger partial charge in [-0.3, -0.25) is 4.52 Å². The molecule has 1 aliphatic rings. The van der Waals surface area contributed by atoms with Crippen LogP contribution in [0.25, 0.3) is 0 Å². The van der Waals surface area contributed by atoms with E-state index in [0.717, 1.165) is 0 Å². The number of ether oxygens (including phenoxy) is 1. The van der Waals surface area contributed by atoms with Gasteiger partial charge in [0.25, 0.3) is 5.79 Å². The Labute approximate surface area is 145 Å². The molecule has 26 heavy (non-hydrogen) atoms. The number of aliphatic hydroxyl groups is 1. The molecule has 0 bridgehead atoms. The first-order valence-electron chi connectivity index (χ1n) is 6.57. The first-order chi connectivity index (χ1) is 11.5. The second-order valence-corrected chi connectivity index (χ2v) is 7.60. The van der Waals surface area contributed by atoms with Crippen LogP contribution in [0.3, 0.4) is 0 Å². The number of phosphoric ester groups is 2. The van der Waals surface area contributed by atoms with Crippen molar-refractivity contribution in [3.63, 3.8) is 0 Å². The highest BCUT2D eigenvalue weighted by molar-refractivity contribution is 7.46. The van der Waals surface area contributed by atoms with E-state index < -0.39 is 63.7 Å². The van der Waals surface area contributed by atoms with Gasteiger partial charge in [0.2, 0.25) is 0 Å². The van der Waals surface area contributed by atoms with E-state index in [9.17, 15) is 23.8 Å². The summed E-state index contributed by atoms with van der Waals surface area (Å²) in [6.45, 7) is 0.582. The van der Waals surface area contributed by atoms with Gasteiger partial charge in [-0.05, 0) is 6.08 Å². The molecule has 150 valence electrons. The van der Waals surface area contributed by atoms with E-state index in [1.54, 1.807) is 0 Å². The Hall–Kier alpha value is -1.18. The molecule has 0 aliphatic heterocycles. The Kier molecular flexibility index (Phi) is 6.88. The number of carboxylic acid groups (broad SMARTS) is 2. The van der Waals surface area contributed by atoms with Gasteiger partial charge in [0.15, 0.2) is 0 Å². The molecule has 0 radical (unpaired) electrons. The summed E-state index contributed by atoms with van der Waals surface area (Å²) >= 11 is 0. The van der Waals surface area contributed by atoms with E-state index in [1.165, 1.54) is 0 Å². The van der Waals surface area contributed by atoms with E-state index in [2.05, 4.69) is 9.05 Å². The van der Waals surface area contributed by atoms with Crippen molar-refractivity contribution in [1.29, 1.82) is 0 Å². The fourth-order valence-corrected chi connectivity index (χ4v) is 3.14. The highest BCUT2D eigenvalue weighted by Crippen LogP contribution is 2.44. The van der Waals surface area contributed by atoms with Crippen LogP contribution in [0.1, 0.15) is 13.3 Å². The standard InChI is InChI=1S/C10H16O14P2/c1-10(9(14)15,24-26(19,20)21)22-5-2-4(8(12)13)3-6(7(5)11)23-25(16,17)18/h3,5-7,11H,2H2,1H3,(H,12,13)(H,14,15)(H2,16,17,18)(H2,19,20,21)/t5-,6-,7+,10+/m0/s1. The number of carboxylic acids is 2. The van der Waals surface area contributed by atoms with E-state index in [4.69, 9.17) is 34.5 Å². The van der Waals surface area contributed by atoms with Crippen molar-refractivity contribution in [2.75, 3.05) is 0 Å². The maximum Gasteiger partial charge on any atom is 0.472 e. The minimum absolute atomic E-state index is 0.553. The van der Waals surface area contributed by atoms with Gasteiger partial charge in [0.05, 0.1) is 6.10 Å². The molecule has 16 heteroatoms. The van der Waals surface area contributed by atoms with Gasteiger partial charge in [0, 0.05) is 18.9 Å². The fourth-order valence-electron chi connectivity index (χ4n) is 2.06. The van der Waals surface area contributed by atoms with Gasteiger partial charge in [-0.25, -0.2) is 23.2 Å². The Bertz CT molecular complexity index is 690. The molecule has 0 amide bonds. The average molecular weight is 422 g/mol. The molecule has 0 saturated heterocycles. The molecular formula is C10H16O14P2. The summed E-state index contributed by atoms with van der Waals surface area (Å²) in [4.78, 5) is 57.6. The lowest BCUT2D eigenvalue weighted by molar-refractivity contribution is -0.241. The second kappa shape index (κ2) is 7.82. The summed E-state index contributed by atoms with van der Waals surface area (Å²) < 4.78 is 35.0. The minimum atomic E-state index is -5.39. The Balaban J connectivity index is 3.19. The van der Waals surface area contributed by atoms with Crippen LogP contribution in [0.5, 0.6) is 0 Å². The lowest BCUT2D eigenvalue weighted by Crippen LogP contribution is -2.51. The molecule has 0 unspecified atom stereocenters. The van der Waals surface area contributed by atoms with Crippen molar-refractivity contribution in [3.8, 4) is 0 Å². The van der Waals surface area contributed by atoms with E-state index in [0.29, 0.717) is 13.0 Å². The highest BCUT2D eigenvalue weighted by Gasteiger charge is 2.48. The molecule has 7 N–H and O–H groups in total. The molecule has 0 aromatic rings. The van der Waals surface area contributed by atoms with E-state index in [1.807, 2.05) is 0 Å². The molecule has 1 aliphatic carbocycles. The number of hydrogen-bond acceptors (Lipinski definition) is 8. The van der Waals surface area contributed by atoms with Crippen molar-refractivity contribution >= 4 is 27.6 Å². The molecule has 0 heterocycles. The quantitative estimate of drug-likeness (QED) is 0.175. The fraction of sp³-hybridized carbons (Fsp3) is 0.600. The summed E-state index contributed by atoms with van der Waals surface area (Å²) in [5.74, 6) is -6.62. The normalized spacial score (nSPS) is 26.7. The molecule has 0 saturated carbocycles. The van der Waals surface area contributed by atoms with Gasteiger partial charge in [-0.1, -0.05) is 0 Å². The number of aliphatic carboxylic acids is 2. The van der Waals surface area contributed by atoms with Gasteiger partial charge in [-0.2, -0.15) is 0 Å². The molecular weight excluding hydrogens is 406 g/mol. The lowest BCUT2D eigenvalue weighted by Gasteiger charge is -2.37. The first-order valence-corrected chi connectivity index (χ1v) is 9.63. The third-order valence-corrected chi connectivity index (χ3v) is 4.20. The summed E-state index contributed by atoms with van der Waals surface area (Å²) in [5, 5.41) is 28.2. The molecule has 14 nitrogen and oxygen atoms in total. The molecule has 4 atom stereocenters. The summed E-state index contributed by atoms with van der Waals surface area (Å²) in [7, 11) is -10.6. The topological polar surface area (TPSA) is 238 Å². The molecule has 0 aromatic heterocycles. The van der Waals surface area contributed by atoms with Gasteiger partial charge >= 0.3 is 27.6 Å². The third kappa shape index (κ3) is 6.52. The number of aliphatic hydroxyl groups excluding tert-OH is 1. The Morgan fingerprint density at radius 1 is 1.15 bits per heavy atom. The summed E-state index contributed by atoms with van der Waals surface area (Å²) in [6.07, 6.45) is -5.70. The van der Waals surface area contributed by atoms with Crippen molar-refractivity contribution in [2.45, 2.75) is 37.4 Å². The second-order valence-electron chi connectivity index (χ2n) is 5.24. The number of carbonyl (C=O) groups is 2. The highest BCUT2D eigenvalue weighted by atomic mass is 31.2. The SMILES string of the molecule is C[C@@](O[C@H]1CC(C(=O)O)=C[C@H](OP(=O)(O)O)[C@@H]1O)(OP(=O)(O)O)C(=O)O. The van der Waals surface area contributed by atoms with Crippen molar-refractivity contribution in [2.24, 2.45) is 0 Å². The Morgan fingerprint density at radius 2 is 1.69 bits per heavy atom. The first kappa shape index (κ1) is 22.9. The third-order valence-electron chi connectivity index (χ3n) is 3.10. The molecule has 0 spiro atoms. The van der Waals surface area contributed by atoms with E-state index in [-0.39, 0.29) is 0 Å². The number of rotatable bonds is 8. The van der Waals surface area contributed by atoms with Gasteiger partial charge < -0.3 is 39.6 Å². The monoisotopic (exact) mass is 422 g/mol. The zero-order valence-corrected chi connectivity index (χ0v) is 14.7. The van der Waals surface area contributed by atoms with Gasteiger partial charge in [0.1, 0.15) is 12.2 Å². The van der Waals surface area contributed by atoms with Gasteiger partial charge in [-0.15, -0.1) is 0 Å². The molecule has 1 rings (SSSR count). The largest absolute Gasteiger partial charge is 0.478 e.